The summed E-state index contributed by atoms with van der Waals surface area (Å²) < 4.78 is 5.49. The maximum absolute atomic E-state index is 13.0. The first kappa shape index (κ1) is 18.4. The largest absolute Gasteiger partial charge is 0.378 e. The Kier molecular flexibility index (Phi) is 5.29. The van der Waals surface area contributed by atoms with E-state index in [9.17, 15) is 4.79 Å². The maximum atomic E-state index is 13.0. The van der Waals surface area contributed by atoms with E-state index in [1.54, 1.807) is 0 Å². The summed E-state index contributed by atoms with van der Waals surface area (Å²) in [6, 6.07) is 9.40. The molecule has 152 valence electrons. The van der Waals surface area contributed by atoms with Gasteiger partial charge in [0.05, 0.1) is 19.1 Å². The highest BCUT2D eigenvalue weighted by molar-refractivity contribution is 5.80. The number of rotatable bonds is 5. The lowest BCUT2D eigenvalue weighted by molar-refractivity contribution is -0.141. The summed E-state index contributed by atoms with van der Waals surface area (Å²) in [4.78, 5) is 20.2. The predicted octanol–water partition coefficient (Wildman–Crippen LogP) is 2.75. The van der Waals surface area contributed by atoms with E-state index < -0.39 is 0 Å². The van der Waals surface area contributed by atoms with E-state index in [2.05, 4.69) is 39.0 Å². The first-order valence-electron chi connectivity index (χ1n) is 11.2. The van der Waals surface area contributed by atoms with Gasteiger partial charge in [0, 0.05) is 51.0 Å². The van der Waals surface area contributed by atoms with Crippen molar-refractivity contribution in [1.29, 1.82) is 0 Å². The zero-order valence-electron chi connectivity index (χ0n) is 16.9. The molecule has 4 aliphatic heterocycles. The molecule has 1 aliphatic carbocycles. The van der Waals surface area contributed by atoms with Crippen molar-refractivity contribution >= 4 is 11.6 Å². The number of fused-ring (bicyclic) bond motifs is 4. The van der Waals surface area contributed by atoms with E-state index in [-0.39, 0.29) is 5.92 Å². The fraction of sp³-hybridized carbons (Fsp3) is 0.696. The number of anilines is 1. The van der Waals surface area contributed by atoms with Gasteiger partial charge in [-0.15, -0.1) is 0 Å². The van der Waals surface area contributed by atoms with Crippen molar-refractivity contribution in [2.75, 3.05) is 50.8 Å². The molecule has 4 heterocycles. The Balaban J connectivity index is 1.26. The van der Waals surface area contributed by atoms with Crippen LogP contribution in [0.1, 0.15) is 37.7 Å². The summed E-state index contributed by atoms with van der Waals surface area (Å²) in [7, 11) is 0. The average Bonchev–Trinajstić information content (AvgIpc) is 2.96. The lowest BCUT2D eigenvalue weighted by Gasteiger charge is -2.40. The van der Waals surface area contributed by atoms with Crippen LogP contribution in [0.15, 0.2) is 24.3 Å². The van der Waals surface area contributed by atoms with Gasteiger partial charge in [0.25, 0.3) is 0 Å². The minimum absolute atomic E-state index is 0.209. The highest BCUT2D eigenvalue weighted by Crippen LogP contribution is 2.34. The Hall–Kier alpha value is -1.59. The fourth-order valence-corrected chi connectivity index (χ4v) is 5.38. The molecule has 1 amide bonds. The SMILES string of the molecule is O=C1[C@H]2CC[C@H](CN(Cc3cccc(N4CCOCC4)c3)C2)N1CC1CCC1. The number of carbonyl (C=O) groups excluding carboxylic acids is 1. The quantitative estimate of drug-likeness (QED) is 0.783. The number of amides is 1. The van der Waals surface area contributed by atoms with Gasteiger partial charge < -0.3 is 14.5 Å². The van der Waals surface area contributed by atoms with Gasteiger partial charge in [0.2, 0.25) is 5.91 Å². The van der Waals surface area contributed by atoms with Crippen molar-refractivity contribution < 1.29 is 9.53 Å². The van der Waals surface area contributed by atoms with Gasteiger partial charge in [-0.25, -0.2) is 0 Å². The molecule has 5 aliphatic rings. The topological polar surface area (TPSA) is 36.0 Å². The summed E-state index contributed by atoms with van der Waals surface area (Å²) in [5.74, 6) is 1.41. The lowest BCUT2D eigenvalue weighted by atomic mass is 9.83. The number of ether oxygens (including phenoxy) is 1. The number of piperidine rings is 1. The second kappa shape index (κ2) is 8.03. The minimum Gasteiger partial charge on any atom is -0.378 e. The second-order valence-corrected chi connectivity index (χ2v) is 9.18. The molecule has 2 atom stereocenters. The Labute approximate surface area is 168 Å². The monoisotopic (exact) mass is 383 g/mol. The zero-order valence-corrected chi connectivity index (χ0v) is 16.9. The molecule has 1 saturated carbocycles. The van der Waals surface area contributed by atoms with Crippen molar-refractivity contribution in [3.05, 3.63) is 29.8 Å². The number of carbonyl (C=O) groups is 1. The van der Waals surface area contributed by atoms with Crippen molar-refractivity contribution in [2.45, 2.75) is 44.7 Å². The van der Waals surface area contributed by atoms with E-state index in [0.29, 0.717) is 11.9 Å². The van der Waals surface area contributed by atoms with Gasteiger partial charge in [-0.05, 0) is 49.3 Å². The van der Waals surface area contributed by atoms with Crippen LogP contribution in [0.5, 0.6) is 0 Å². The molecule has 2 bridgehead atoms. The van der Waals surface area contributed by atoms with Crippen molar-refractivity contribution in [1.82, 2.24) is 9.80 Å². The van der Waals surface area contributed by atoms with E-state index in [4.69, 9.17) is 4.74 Å². The molecule has 0 aromatic heterocycles. The Morgan fingerprint density at radius 2 is 1.89 bits per heavy atom. The Morgan fingerprint density at radius 3 is 2.68 bits per heavy atom. The minimum atomic E-state index is 0.209. The molecule has 1 aromatic rings. The molecule has 4 saturated heterocycles. The Morgan fingerprint density at radius 1 is 1.04 bits per heavy atom. The van der Waals surface area contributed by atoms with E-state index in [0.717, 1.165) is 64.8 Å². The van der Waals surface area contributed by atoms with Crippen molar-refractivity contribution in [2.24, 2.45) is 11.8 Å². The van der Waals surface area contributed by atoms with E-state index in [1.807, 2.05) is 0 Å². The zero-order chi connectivity index (χ0) is 18.9. The van der Waals surface area contributed by atoms with Crippen LogP contribution in [0.2, 0.25) is 0 Å². The average molecular weight is 384 g/mol. The highest BCUT2D eigenvalue weighted by Gasteiger charge is 2.41. The number of morpholine rings is 1. The smallest absolute Gasteiger partial charge is 0.227 e. The molecular weight excluding hydrogens is 350 g/mol. The summed E-state index contributed by atoms with van der Waals surface area (Å²) in [6.45, 7) is 7.52. The molecule has 28 heavy (non-hydrogen) atoms. The summed E-state index contributed by atoms with van der Waals surface area (Å²) >= 11 is 0. The number of benzene rings is 1. The normalized spacial score (nSPS) is 29.1. The number of nitrogens with zero attached hydrogens (tertiary/aromatic N) is 3. The van der Waals surface area contributed by atoms with Crippen LogP contribution in [0.25, 0.3) is 0 Å². The van der Waals surface area contributed by atoms with Crippen LogP contribution in [0.3, 0.4) is 0 Å². The van der Waals surface area contributed by atoms with Crippen LogP contribution >= 0.6 is 0 Å². The summed E-state index contributed by atoms with van der Waals surface area (Å²) in [5.41, 5.74) is 2.67. The van der Waals surface area contributed by atoms with Crippen LogP contribution in [-0.2, 0) is 16.1 Å². The summed E-state index contributed by atoms with van der Waals surface area (Å²) in [6.07, 6.45) is 6.26. The van der Waals surface area contributed by atoms with Crippen LogP contribution in [-0.4, -0.2) is 67.7 Å². The summed E-state index contributed by atoms with van der Waals surface area (Å²) in [5, 5.41) is 0. The number of hydrogen-bond donors (Lipinski definition) is 0. The van der Waals surface area contributed by atoms with E-state index >= 15 is 0 Å². The van der Waals surface area contributed by atoms with Crippen LogP contribution in [0, 0.1) is 11.8 Å². The third-order valence-electron chi connectivity index (χ3n) is 7.24. The Bertz CT molecular complexity index is 699. The fourth-order valence-electron chi connectivity index (χ4n) is 5.38. The second-order valence-electron chi connectivity index (χ2n) is 9.18. The van der Waals surface area contributed by atoms with Gasteiger partial charge >= 0.3 is 0 Å². The molecule has 0 spiro atoms. The molecule has 0 unspecified atom stereocenters. The molecule has 6 rings (SSSR count). The van der Waals surface area contributed by atoms with Gasteiger partial charge in [-0.2, -0.15) is 0 Å². The lowest BCUT2D eigenvalue weighted by Crippen LogP contribution is -2.50. The van der Waals surface area contributed by atoms with Crippen molar-refractivity contribution in [3.63, 3.8) is 0 Å². The molecule has 5 nitrogen and oxygen atoms in total. The third-order valence-corrected chi connectivity index (χ3v) is 7.24. The third kappa shape index (κ3) is 3.79. The molecule has 1 aromatic carbocycles. The molecular formula is C23H33N3O2. The van der Waals surface area contributed by atoms with Gasteiger partial charge in [-0.3, -0.25) is 9.69 Å². The maximum Gasteiger partial charge on any atom is 0.227 e. The first-order chi connectivity index (χ1) is 13.8. The van der Waals surface area contributed by atoms with Gasteiger partial charge in [0.15, 0.2) is 0 Å². The standard InChI is InChI=1S/C23H33N3O2/c27-23-20-7-8-22(26(23)15-18-3-1-4-18)17-24(16-20)14-19-5-2-6-21(13-19)25-9-11-28-12-10-25/h2,5-6,13,18,20,22H,1,3-4,7-12,14-17H2/t20-,22+/m0/s1. The molecule has 0 N–H and O–H groups in total. The highest BCUT2D eigenvalue weighted by atomic mass is 16.5. The number of hydrogen-bond acceptors (Lipinski definition) is 4. The van der Waals surface area contributed by atoms with E-state index in [1.165, 1.54) is 36.9 Å². The first-order valence-corrected chi connectivity index (χ1v) is 11.2. The molecule has 5 heteroatoms. The van der Waals surface area contributed by atoms with Gasteiger partial charge in [-0.1, -0.05) is 18.6 Å². The van der Waals surface area contributed by atoms with Crippen LogP contribution in [0.4, 0.5) is 5.69 Å². The predicted molar refractivity (Wildman–Crippen MR) is 110 cm³/mol. The van der Waals surface area contributed by atoms with Gasteiger partial charge in [0.1, 0.15) is 0 Å². The molecule has 0 radical (unpaired) electrons. The van der Waals surface area contributed by atoms with Crippen molar-refractivity contribution in [3.8, 4) is 0 Å². The van der Waals surface area contributed by atoms with Crippen LogP contribution < -0.4 is 4.90 Å². The molecule has 5 fully saturated rings.